The van der Waals surface area contributed by atoms with Gasteiger partial charge in [0.15, 0.2) is 0 Å². The number of hydrogen-bond donors (Lipinski definition) is 2. The molecule has 0 aromatic rings. The fourth-order valence-electron chi connectivity index (χ4n) is 4.99. The molecular formula is C31H64O2. The van der Waals surface area contributed by atoms with Crippen LogP contribution in [0.25, 0.3) is 0 Å². The third-order valence-corrected chi connectivity index (χ3v) is 7.33. The van der Waals surface area contributed by atoms with E-state index < -0.39 is 0 Å². The molecule has 0 rings (SSSR count). The lowest BCUT2D eigenvalue weighted by Gasteiger charge is -2.15. The Labute approximate surface area is 209 Å². The van der Waals surface area contributed by atoms with Crippen LogP contribution in [0.3, 0.4) is 0 Å². The number of hydrogen-bond acceptors (Lipinski definition) is 2. The van der Waals surface area contributed by atoms with Crippen molar-refractivity contribution in [2.24, 2.45) is 0 Å². The van der Waals surface area contributed by atoms with Crippen molar-refractivity contribution in [3.05, 3.63) is 0 Å². The first-order chi connectivity index (χ1) is 16.2. The molecule has 0 amide bonds. The van der Waals surface area contributed by atoms with Crippen molar-refractivity contribution in [2.75, 3.05) is 0 Å². The zero-order chi connectivity index (χ0) is 24.2. The summed E-state index contributed by atoms with van der Waals surface area (Å²) in [5.74, 6) is 0. The molecule has 0 aliphatic carbocycles. The Morgan fingerprint density at radius 3 is 0.788 bits per heavy atom. The van der Waals surface area contributed by atoms with Gasteiger partial charge in [-0.2, -0.15) is 0 Å². The molecule has 0 aliphatic heterocycles. The Bertz CT molecular complexity index is 344. The summed E-state index contributed by atoms with van der Waals surface area (Å²) in [6, 6.07) is 0. The molecule has 0 bridgehead atoms. The second kappa shape index (κ2) is 28.2. The predicted octanol–water partition coefficient (Wildman–Crippen LogP) is 10.3. The van der Waals surface area contributed by atoms with Gasteiger partial charge in [0, 0.05) is 0 Å². The second-order valence-corrected chi connectivity index (χ2v) is 10.9. The van der Waals surface area contributed by atoms with Gasteiger partial charge in [-0.15, -0.1) is 0 Å². The highest BCUT2D eigenvalue weighted by molar-refractivity contribution is 4.64. The minimum Gasteiger partial charge on any atom is -0.393 e. The van der Waals surface area contributed by atoms with Gasteiger partial charge in [0.05, 0.1) is 12.2 Å². The Hall–Kier alpha value is -0.0800. The average Bonchev–Trinajstić information content (AvgIpc) is 2.80. The van der Waals surface area contributed by atoms with E-state index in [1.807, 2.05) is 0 Å². The molecule has 33 heavy (non-hydrogen) atoms. The number of aliphatic hydroxyl groups is 2. The van der Waals surface area contributed by atoms with E-state index in [1.165, 1.54) is 141 Å². The third-order valence-electron chi connectivity index (χ3n) is 7.33. The average molecular weight is 469 g/mol. The van der Waals surface area contributed by atoms with Crippen molar-refractivity contribution >= 4 is 0 Å². The van der Waals surface area contributed by atoms with Gasteiger partial charge in [-0.1, -0.05) is 168 Å². The van der Waals surface area contributed by atoms with E-state index in [1.54, 1.807) is 0 Å². The van der Waals surface area contributed by atoms with Crippen LogP contribution in [0.4, 0.5) is 0 Å². The van der Waals surface area contributed by atoms with Crippen LogP contribution in [0.5, 0.6) is 0 Å². The van der Waals surface area contributed by atoms with E-state index in [0.29, 0.717) is 6.42 Å². The maximum absolute atomic E-state index is 10.1. The van der Waals surface area contributed by atoms with Crippen LogP contribution in [0.1, 0.15) is 187 Å². The molecule has 2 nitrogen and oxygen atoms in total. The largest absolute Gasteiger partial charge is 0.393 e. The highest BCUT2D eigenvalue weighted by atomic mass is 16.3. The summed E-state index contributed by atoms with van der Waals surface area (Å²) in [6.45, 7) is 4.52. The first-order valence-electron chi connectivity index (χ1n) is 15.6. The van der Waals surface area contributed by atoms with Crippen molar-refractivity contribution in [1.29, 1.82) is 0 Å². The summed E-state index contributed by atoms with van der Waals surface area (Å²) in [6.07, 6.45) is 34.4. The van der Waals surface area contributed by atoms with Gasteiger partial charge < -0.3 is 10.2 Å². The van der Waals surface area contributed by atoms with Crippen LogP contribution in [0, 0.1) is 0 Å². The maximum atomic E-state index is 10.1. The van der Waals surface area contributed by atoms with Gasteiger partial charge in [0.2, 0.25) is 0 Å². The van der Waals surface area contributed by atoms with Gasteiger partial charge in [-0.3, -0.25) is 0 Å². The SMILES string of the molecule is CCCCCCCCCCCCCCCCCCCCC[C@H](O)C[C@H](O)CCCCCCC. The van der Waals surface area contributed by atoms with Crippen LogP contribution in [-0.2, 0) is 0 Å². The molecule has 0 aromatic heterocycles. The molecule has 0 spiro atoms. The lowest BCUT2D eigenvalue weighted by molar-refractivity contribution is 0.0680. The molecule has 0 aliphatic rings. The normalized spacial score (nSPS) is 13.5. The van der Waals surface area contributed by atoms with Gasteiger partial charge in [-0.25, -0.2) is 0 Å². The minimum atomic E-state index is -0.304. The summed E-state index contributed by atoms with van der Waals surface area (Å²) in [5, 5.41) is 20.2. The Morgan fingerprint density at radius 2 is 0.545 bits per heavy atom. The Morgan fingerprint density at radius 1 is 0.333 bits per heavy atom. The van der Waals surface area contributed by atoms with Crippen molar-refractivity contribution in [1.82, 2.24) is 0 Å². The first-order valence-corrected chi connectivity index (χ1v) is 15.6. The van der Waals surface area contributed by atoms with Crippen molar-refractivity contribution in [2.45, 2.75) is 199 Å². The number of rotatable bonds is 28. The summed E-state index contributed by atoms with van der Waals surface area (Å²) < 4.78 is 0. The highest BCUT2D eigenvalue weighted by Crippen LogP contribution is 2.17. The first kappa shape index (κ1) is 32.9. The van der Waals surface area contributed by atoms with E-state index in [4.69, 9.17) is 0 Å². The molecule has 0 radical (unpaired) electrons. The molecule has 0 saturated carbocycles. The molecule has 2 heteroatoms. The zero-order valence-electron chi connectivity index (χ0n) is 23.1. The second-order valence-electron chi connectivity index (χ2n) is 10.9. The van der Waals surface area contributed by atoms with E-state index in [9.17, 15) is 10.2 Å². The van der Waals surface area contributed by atoms with Crippen LogP contribution in [-0.4, -0.2) is 22.4 Å². The number of aliphatic hydroxyl groups excluding tert-OH is 2. The van der Waals surface area contributed by atoms with E-state index >= 15 is 0 Å². The van der Waals surface area contributed by atoms with Gasteiger partial charge in [0.25, 0.3) is 0 Å². The molecule has 0 aromatic carbocycles. The minimum absolute atomic E-state index is 0.304. The fourth-order valence-corrected chi connectivity index (χ4v) is 4.99. The van der Waals surface area contributed by atoms with E-state index in [-0.39, 0.29) is 12.2 Å². The van der Waals surface area contributed by atoms with E-state index in [2.05, 4.69) is 13.8 Å². The topological polar surface area (TPSA) is 40.5 Å². The summed E-state index contributed by atoms with van der Waals surface area (Å²) in [7, 11) is 0. The van der Waals surface area contributed by atoms with Gasteiger partial charge >= 0.3 is 0 Å². The zero-order valence-corrected chi connectivity index (χ0v) is 23.1. The monoisotopic (exact) mass is 468 g/mol. The van der Waals surface area contributed by atoms with Crippen LogP contribution < -0.4 is 0 Å². The Kier molecular flexibility index (Phi) is 28.1. The standard InChI is InChI=1S/C31H64O2/c1-3-5-7-9-10-11-12-13-14-15-16-17-18-19-20-21-22-24-26-28-31(33)29-30(32)27-25-23-8-6-4-2/h30-33H,3-29H2,1-2H3/t30-,31+/m1/s1. The van der Waals surface area contributed by atoms with Crippen molar-refractivity contribution in [3.8, 4) is 0 Å². The van der Waals surface area contributed by atoms with Crippen LogP contribution in [0.2, 0.25) is 0 Å². The van der Waals surface area contributed by atoms with Crippen LogP contribution >= 0.6 is 0 Å². The lowest BCUT2D eigenvalue weighted by Crippen LogP contribution is -2.17. The molecule has 0 heterocycles. The molecular weight excluding hydrogens is 404 g/mol. The number of unbranched alkanes of at least 4 members (excludes halogenated alkanes) is 22. The molecule has 0 unspecified atom stereocenters. The van der Waals surface area contributed by atoms with Crippen LogP contribution in [0.15, 0.2) is 0 Å². The molecule has 200 valence electrons. The predicted molar refractivity (Wildman–Crippen MR) is 148 cm³/mol. The summed E-state index contributed by atoms with van der Waals surface area (Å²) >= 11 is 0. The van der Waals surface area contributed by atoms with Crippen molar-refractivity contribution in [3.63, 3.8) is 0 Å². The molecule has 2 atom stereocenters. The highest BCUT2D eigenvalue weighted by Gasteiger charge is 2.11. The van der Waals surface area contributed by atoms with Gasteiger partial charge in [-0.05, 0) is 19.3 Å². The van der Waals surface area contributed by atoms with Crippen molar-refractivity contribution < 1.29 is 10.2 Å². The van der Waals surface area contributed by atoms with Gasteiger partial charge in [0.1, 0.15) is 0 Å². The third kappa shape index (κ3) is 28.0. The summed E-state index contributed by atoms with van der Waals surface area (Å²) in [5.41, 5.74) is 0. The fraction of sp³-hybridized carbons (Fsp3) is 1.00. The lowest BCUT2D eigenvalue weighted by atomic mass is 9.99. The molecule has 0 saturated heterocycles. The quantitative estimate of drug-likeness (QED) is 0.112. The maximum Gasteiger partial charge on any atom is 0.0564 e. The van der Waals surface area contributed by atoms with E-state index in [0.717, 1.165) is 25.7 Å². The Balaban J connectivity index is 3.20. The smallest absolute Gasteiger partial charge is 0.0564 e. The molecule has 0 fully saturated rings. The summed E-state index contributed by atoms with van der Waals surface area (Å²) in [4.78, 5) is 0. The molecule has 2 N–H and O–H groups in total.